The van der Waals surface area contributed by atoms with Crippen molar-refractivity contribution in [1.29, 1.82) is 0 Å². The lowest BCUT2D eigenvalue weighted by atomic mass is 9.99. The fourth-order valence-electron chi connectivity index (χ4n) is 9.77. The number of rotatable bonds is 7. The fourth-order valence-corrected chi connectivity index (χ4v) is 10.9. The van der Waals surface area contributed by atoms with Crippen molar-refractivity contribution in [3.05, 3.63) is 243 Å². The largest absolute Gasteiger partial charge is 0.309 e. The zero-order valence-electron chi connectivity index (χ0n) is 36.3. The van der Waals surface area contributed by atoms with Gasteiger partial charge in [0.1, 0.15) is 0 Å². The van der Waals surface area contributed by atoms with E-state index < -0.39 is 0 Å². The highest BCUT2D eigenvalue weighted by atomic mass is 32.2. The average molecular weight is 873 g/mol. The van der Waals surface area contributed by atoms with E-state index in [1.54, 1.807) is 0 Å². The van der Waals surface area contributed by atoms with Gasteiger partial charge in [-0.15, -0.1) is 0 Å². The molecule has 3 heterocycles. The third kappa shape index (κ3) is 6.87. The van der Waals surface area contributed by atoms with Crippen LogP contribution in [0.3, 0.4) is 0 Å². The van der Waals surface area contributed by atoms with Crippen LogP contribution >= 0.6 is 11.8 Å². The first-order valence-electron chi connectivity index (χ1n) is 22.6. The molecule has 0 radical (unpaired) electrons. The Bertz CT molecular complexity index is 3830. The van der Waals surface area contributed by atoms with Gasteiger partial charge in [0.15, 0.2) is 5.82 Å². The maximum Gasteiger partial charge on any atom is 0.160 e. The van der Waals surface area contributed by atoms with Crippen molar-refractivity contribution in [2.24, 2.45) is 0 Å². The minimum Gasteiger partial charge on any atom is -0.309 e. The SMILES string of the molecule is c1ccc(-c2ccc(-c3cc(-c4cccc(-n5c6ccc(-c7ccc8c(c7)Sc7ccccc7N8c7ccccc7)cc6c6c7ccccc7ccc65)c4)nc(-c4ccccc4)n3)cc2)cc1. The summed E-state index contributed by atoms with van der Waals surface area (Å²) in [4.78, 5) is 15.3. The van der Waals surface area contributed by atoms with Crippen LogP contribution in [0.15, 0.2) is 252 Å². The molecule has 67 heavy (non-hydrogen) atoms. The predicted octanol–water partition coefficient (Wildman–Crippen LogP) is 17.0. The second kappa shape index (κ2) is 16.2. The van der Waals surface area contributed by atoms with Crippen LogP contribution in [0, 0.1) is 0 Å². The second-order valence-corrected chi connectivity index (χ2v) is 18.1. The quantitative estimate of drug-likeness (QED) is 0.160. The highest BCUT2D eigenvalue weighted by Crippen LogP contribution is 2.52. The molecule has 314 valence electrons. The molecular formula is C62H40N4S. The zero-order chi connectivity index (χ0) is 44.3. The summed E-state index contributed by atoms with van der Waals surface area (Å²) in [5.74, 6) is 0.694. The van der Waals surface area contributed by atoms with Crippen LogP contribution in [0.25, 0.3) is 94.4 Å². The van der Waals surface area contributed by atoms with Gasteiger partial charge >= 0.3 is 0 Å². The molecule has 5 heteroatoms. The number of hydrogen-bond acceptors (Lipinski definition) is 4. The third-order valence-corrected chi connectivity index (χ3v) is 14.1. The molecule has 1 aliphatic rings. The van der Waals surface area contributed by atoms with Crippen molar-refractivity contribution in [3.8, 4) is 61.8 Å². The topological polar surface area (TPSA) is 34.0 Å². The van der Waals surface area contributed by atoms with E-state index in [-0.39, 0.29) is 0 Å². The van der Waals surface area contributed by atoms with Crippen LogP contribution < -0.4 is 4.90 Å². The Morgan fingerprint density at radius 3 is 1.73 bits per heavy atom. The smallest absolute Gasteiger partial charge is 0.160 e. The van der Waals surface area contributed by atoms with E-state index in [1.807, 2.05) is 30.0 Å². The van der Waals surface area contributed by atoms with Crippen LogP contribution in [0.5, 0.6) is 0 Å². The summed E-state index contributed by atoms with van der Waals surface area (Å²) < 4.78 is 2.42. The number of aromatic nitrogens is 3. The summed E-state index contributed by atoms with van der Waals surface area (Å²) in [5, 5.41) is 4.91. The van der Waals surface area contributed by atoms with E-state index in [1.165, 1.54) is 65.0 Å². The van der Waals surface area contributed by atoms with E-state index in [0.717, 1.165) is 50.5 Å². The summed E-state index contributed by atoms with van der Waals surface area (Å²) in [5.41, 5.74) is 16.4. The van der Waals surface area contributed by atoms with E-state index in [4.69, 9.17) is 9.97 Å². The molecule has 2 aromatic heterocycles. The first-order valence-corrected chi connectivity index (χ1v) is 23.5. The normalized spacial score (nSPS) is 12.1. The summed E-state index contributed by atoms with van der Waals surface area (Å²) in [6.45, 7) is 0. The molecular weight excluding hydrogens is 833 g/mol. The average Bonchev–Trinajstić information content (AvgIpc) is 3.75. The van der Waals surface area contributed by atoms with Gasteiger partial charge in [-0.05, 0) is 106 Å². The molecule has 0 spiro atoms. The Kier molecular flexibility index (Phi) is 9.39. The predicted molar refractivity (Wildman–Crippen MR) is 280 cm³/mol. The van der Waals surface area contributed by atoms with Crippen LogP contribution in [-0.4, -0.2) is 14.5 Å². The van der Waals surface area contributed by atoms with Crippen LogP contribution in [0.4, 0.5) is 17.1 Å². The molecule has 10 aromatic carbocycles. The first-order chi connectivity index (χ1) is 33.2. The molecule has 0 aliphatic carbocycles. The lowest BCUT2D eigenvalue weighted by Gasteiger charge is -2.33. The number of nitrogens with zero attached hydrogens (tertiary/aromatic N) is 4. The van der Waals surface area contributed by atoms with Crippen LogP contribution in [0.1, 0.15) is 0 Å². The molecule has 0 amide bonds. The minimum atomic E-state index is 0.694. The first kappa shape index (κ1) is 38.9. The standard InChI is InChI=1S/C62H40N4S/c1-4-15-41(16-5-1)42-27-29-44(30-28-42)53-40-54(64-62(63-53)45-18-6-2-7-19-45)48-20-14-23-50(37-48)66-55-34-32-46(38-52(55)61-51-24-11-10-17-43(51)31-36-58(61)66)47-33-35-57-60(39-47)67-59-26-13-12-25-56(59)65(57)49-21-8-3-9-22-49/h1-40H. The molecule has 0 unspecified atom stereocenters. The lowest BCUT2D eigenvalue weighted by Crippen LogP contribution is -2.14. The molecule has 12 aromatic rings. The summed E-state index contributed by atoms with van der Waals surface area (Å²) in [7, 11) is 0. The Balaban J connectivity index is 0.942. The van der Waals surface area contributed by atoms with Crippen molar-refractivity contribution in [3.63, 3.8) is 0 Å². The van der Waals surface area contributed by atoms with E-state index in [9.17, 15) is 0 Å². The van der Waals surface area contributed by atoms with Crippen molar-refractivity contribution in [2.45, 2.75) is 9.79 Å². The molecule has 13 rings (SSSR count). The number of fused-ring (bicyclic) bond motifs is 7. The maximum absolute atomic E-state index is 5.24. The van der Waals surface area contributed by atoms with E-state index in [2.05, 4.69) is 234 Å². The highest BCUT2D eigenvalue weighted by molar-refractivity contribution is 7.99. The molecule has 0 N–H and O–H groups in total. The van der Waals surface area contributed by atoms with Crippen molar-refractivity contribution < 1.29 is 0 Å². The van der Waals surface area contributed by atoms with Gasteiger partial charge in [0.25, 0.3) is 0 Å². The van der Waals surface area contributed by atoms with Gasteiger partial charge in [-0.25, -0.2) is 9.97 Å². The molecule has 0 saturated heterocycles. The van der Waals surface area contributed by atoms with Crippen LogP contribution in [-0.2, 0) is 0 Å². The Labute approximate surface area is 393 Å². The van der Waals surface area contributed by atoms with E-state index in [0.29, 0.717) is 5.82 Å². The van der Waals surface area contributed by atoms with Gasteiger partial charge in [-0.3, -0.25) is 0 Å². The zero-order valence-corrected chi connectivity index (χ0v) is 37.1. The Morgan fingerprint density at radius 2 is 0.910 bits per heavy atom. The van der Waals surface area contributed by atoms with Crippen LogP contribution in [0.2, 0.25) is 0 Å². The van der Waals surface area contributed by atoms with Gasteiger partial charge in [0, 0.05) is 48.6 Å². The van der Waals surface area contributed by atoms with Gasteiger partial charge in [0.05, 0.1) is 33.8 Å². The molecule has 4 nitrogen and oxygen atoms in total. The van der Waals surface area contributed by atoms with Gasteiger partial charge in [-0.2, -0.15) is 0 Å². The monoisotopic (exact) mass is 872 g/mol. The molecule has 0 saturated carbocycles. The number of anilines is 3. The summed E-state index contributed by atoms with van der Waals surface area (Å²) >= 11 is 1.84. The lowest BCUT2D eigenvalue weighted by molar-refractivity contribution is 1.16. The highest BCUT2D eigenvalue weighted by Gasteiger charge is 2.25. The second-order valence-electron chi connectivity index (χ2n) is 17.0. The number of hydrogen-bond donors (Lipinski definition) is 0. The van der Waals surface area contributed by atoms with Gasteiger partial charge in [-0.1, -0.05) is 182 Å². The molecule has 0 atom stereocenters. The molecule has 1 aliphatic heterocycles. The van der Waals surface area contributed by atoms with Crippen molar-refractivity contribution in [2.75, 3.05) is 4.90 Å². The van der Waals surface area contributed by atoms with Crippen molar-refractivity contribution >= 4 is 61.4 Å². The molecule has 0 fully saturated rings. The minimum absolute atomic E-state index is 0.694. The molecule has 0 bridgehead atoms. The number of benzene rings is 10. The summed E-state index contributed by atoms with van der Waals surface area (Å²) in [6, 6.07) is 87.0. The fraction of sp³-hybridized carbons (Fsp3) is 0. The summed E-state index contributed by atoms with van der Waals surface area (Å²) in [6.07, 6.45) is 0. The maximum atomic E-state index is 5.24. The van der Waals surface area contributed by atoms with Gasteiger partial charge in [0.2, 0.25) is 0 Å². The Morgan fingerprint density at radius 1 is 0.328 bits per heavy atom. The number of para-hydroxylation sites is 2. The third-order valence-electron chi connectivity index (χ3n) is 13.0. The van der Waals surface area contributed by atoms with Gasteiger partial charge < -0.3 is 9.47 Å². The Hall–Kier alpha value is -8.51. The van der Waals surface area contributed by atoms with Crippen molar-refractivity contribution in [1.82, 2.24) is 14.5 Å². The van der Waals surface area contributed by atoms with E-state index >= 15 is 0 Å².